The van der Waals surface area contributed by atoms with Gasteiger partial charge in [-0.15, -0.1) is 0 Å². The third kappa shape index (κ3) is 3.40. The zero-order valence-electron chi connectivity index (χ0n) is 15.0. The first-order valence-electron chi connectivity index (χ1n) is 8.66. The van der Waals surface area contributed by atoms with Crippen LogP contribution < -0.4 is 0 Å². The Morgan fingerprint density at radius 3 is 2.44 bits per heavy atom. The van der Waals surface area contributed by atoms with E-state index in [4.69, 9.17) is 4.52 Å². The summed E-state index contributed by atoms with van der Waals surface area (Å²) in [5, 5.41) is 8.46. The van der Waals surface area contributed by atoms with Crippen LogP contribution in [0.3, 0.4) is 0 Å². The van der Waals surface area contributed by atoms with Crippen LogP contribution in [0.15, 0.2) is 45.7 Å². The zero-order chi connectivity index (χ0) is 18.0. The first-order chi connectivity index (χ1) is 12.1. The average Bonchev–Trinajstić information content (AvgIpc) is 3.21. The predicted molar refractivity (Wildman–Crippen MR) is 101 cm³/mol. The van der Waals surface area contributed by atoms with Gasteiger partial charge in [0.05, 0.1) is 17.2 Å². The van der Waals surface area contributed by atoms with Gasteiger partial charge in [-0.2, -0.15) is 10.1 Å². The molecule has 3 aromatic rings. The summed E-state index contributed by atoms with van der Waals surface area (Å²) >= 11 is 3.50. The lowest BCUT2D eigenvalue weighted by Crippen LogP contribution is -2.27. The quantitative estimate of drug-likeness (QED) is 0.617. The first kappa shape index (κ1) is 17.9. The van der Waals surface area contributed by atoms with Gasteiger partial charge >= 0.3 is 0 Å². The van der Waals surface area contributed by atoms with Crippen molar-refractivity contribution in [2.45, 2.75) is 39.0 Å². The van der Waals surface area contributed by atoms with Crippen molar-refractivity contribution in [1.29, 1.82) is 0 Å². The first-order valence-corrected chi connectivity index (χ1v) is 9.46. The molecule has 0 amide bonds. The van der Waals surface area contributed by atoms with E-state index >= 15 is 0 Å². The molecule has 0 N–H and O–H groups in total. The van der Waals surface area contributed by atoms with Gasteiger partial charge in [0.2, 0.25) is 0 Å². The van der Waals surface area contributed by atoms with Gasteiger partial charge in [0.25, 0.3) is 5.89 Å². The normalized spacial score (nSPS) is 16.0. The second-order valence-electron chi connectivity index (χ2n) is 6.31. The average molecular weight is 403 g/mol. The Morgan fingerprint density at radius 1 is 1.20 bits per heavy atom. The molecule has 25 heavy (non-hydrogen) atoms. The van der Waals surface area contributed by atoms with Crippen LogP contribution in [-0.4, -0.2) is 19.9 Å². The van der Waals surface area contributed by atoms with Gasteiger partial charge in [0.1, 0.15) is 0 Å². The standard InChI is InChI=1S/C17H17BrN4O.C2H6/c1-17(12-3-4-12,13-5-7-14(18)8-6-13)16-20-15(23-21-16)11-9-19-22(2)10-11;1-2/h5-10,12H,3-4H2,1-2H3;1-2H3/t17-;/m1./s1. The number of rotatable bonds is 4. The fraction of sp³-hybridized carbons (Fsp3) is 0.421. The number of nitrogens with zero attached hydrogens (tertiary/aromatic N) is 4. The zero-order valence-corrected chi connectivity index (χ0v) is 16.6. The number of benzene rings is 1. The minimum atomic E-state index is -0.218. The van der Waals surface area contributed by atoms with Crippen LogP contribution in [0.2, 0.25) is 0 Å². The molecule has 0 aliphatic heterocycles. The lowest BCUT2D eigenvalue weighted by molar-refractivity contribution is 0.386. The van der Waals surface area contributed by atoms with E-state index in [0.29, 0.717) is 11.8 Å². The minimum Gasteiger partial charge on any atom is -0.334 e. The van der Waals surface area contributed by atoms with Gasteiger partial charge in [0, 0.05) is 17.7 Å². The third-order valence-corrected chi connectivity index (χ3v) is 5.21. The highest BCUT2D eigenvalue weighted by atomic mass is 79.9. The number of aromatic nitrogens is 4. The van der Waals surface area contributed by atoms with E-state index in [1.54, 1.807) is 10.9 Å². The maximum absolute atomic E-state index is 5.51. The Balaban J connectivity index is 0.000000880. The summed E-state index contributed by atoms with van der Waals surface area (Å²) in [6, 6.07) is 8.42. The Morgan fingerprint density at radius 2 is 1.88 bits per heavy atom. The van der Waals surface area contributed by atoms with Gasteiger partial charge < -0.3 is 4.52 Å². The van der Waals surface area contributed by atoms with E-state index in [1.165, 1.54) is 18.4 Å². The molecular weight excluding hydrogens is 380 g/mol. The molecule has 0 saturated heterocycles. The molecule has 0 radical (unpaired) electrons. The second kappa shape index (κ2) is 7.12. The lowest BCUT2D eigenvalue weighted by Gasteiger charge is -2.26. The maximum Gasteiger partial charge on any atom is 0.261 e. The SMILES string of the molecule is CC.Cn1cc(-c2nc([C@@](C)(c3ccc(Br)cc3)C3CC3)no2)cn1. The number of hydrogen-bond acceptors (Lipinski definition) is 4. The summed E-state index contributed by atoms with van der Waals surface area (Å²) in [5.74, 6) is 1.83. The fourth-order valence-electron chi connectivity index (χ4n) is 3.09. The molecule has 2 aromatic heterocycles. The highest BCUT2D eigenvalue weighted by molar-refractivity contribution is 9.10. The van der Waals surface area contributed by atoms with E-state index in [2.05, 4.69) is 62.4 Å². The molecule has 2 heterocycles. The van der Waals surface area contributed by atoms with Gasteiger partial charge in [-0.05, 0) is 43.4 Å². The van der Waals surface area contributed by atoms with Crippen molar-refractivity contribution in [3.05, 3.63) is 52.5 Å². The maximum atomic E-state index is 5.51. The van der Waals surface area contributed by atoms with Crippen LogP contribution in [0.5, 0.6) is 0 Å². The third-order valence-electron chi connectivity index (χ3n) is 4.68. The highest BCUT2D eigenvalue weighted by Gasteiger charge is 2.47. The van der Waals surface area contributed by atoms with E-state index < -0.39 is 0 Å². The summed E-state index contributed by atoms with van der Waals surface area (Å²) in [6.07, 6.45) is 6.02. The number of halogens is 1. The van der Waals surface area contributed by atoms with E-state index in [-0.39, 0.29) is 5.41 Å². The molecule has 132 valence electrons. The van der Waals surface area contributed by atoms with Gasteiger partial charge in [-0.1, -0.05) is 47.1 Å². The van der Waals surface area contributed by atoms with Crippen LogP contribution >= 0.6 is 15.9 Å². The fourth-order valence-corrected chi connectivity index (χ4v) is 3.35. The summed E-state index contributed by atoms with van der Waals surface area (Å²) < 4.78 is 8.31. The monoisotopic (exact) mass is 402 g/mol. The number of aryl methyl sites for hydroxylation is 1. The predicted octanol–water partition coefficient (Wildman–Crippen LogP) is 4.97. The molecule has 5 nitrogen and oxygen atoms in total. The molecule has 1 aliphatic carbocycles. The van der Waals surface area contributed by atoms with Crippen molar-refractivity contribution < 1.29 is 4.52 Å². The van der Waals surface area contributed by atoms with E-state index in [9.17, 15) is 0 Å². The molecule has 6 heteroatoms. The van der Waals surface area contributed by atoms with Gasteiger partial charge in [-0.25, -0.2) is 0 Å². The molecule has 1 saturated carbocycles. The van der Waals surface area contributed by atoms with Gasteiger partial charge in [0.15, 0.2) is 5.82 Å². The molecule has 0 bridgehead atoms. The van der Waals surface area contributed by atoms with Gasteiger partial charge in [-0.3, -0.25) is 4.68 Å². The Bertz CT molecular complexity index is 835. The molecule has 1 atom stereocenters. The Labute approximate surface area is 156 Å². The highest BCUT2D eigenvalue weighted by Crippen LogP contribution is 2.50. The molecule has 1 aliphatic rings. The van der Waals surface area contributed by atoms with Crippen molar-refractivity contribution >= 4 is 15.9 Å². The summed E-state index contributed by atoms with van der Waals surface area (Å²) in [4.78, 5) is 4.68. The molecular formula is C19H23BrN4O. The molecule has 4 rings (SSSR count). The van der Waals surface area contributed by atoms with Crippen LogP contribution in [-0.2, 0) is 12.5 Å². The molecule has 0 spiro atoms. The summed E-state index contributed by atoms with van der Waals surface area (Å²) in [5.41, 5.74) is 1.85. The largest absolute Gasteiger partial charge is 0.334 e. The van der Waals surface area contributed by atoms with Crippen LogP contribution in [0.25, 0.3) is 11.5 Å². The second-order valence-corrected chi connectivity index (χ2v) is 7.23. The Hall–Kier alpha value is -1.95. The van der Waals surface area contributed by atoms with Crippen molar-refractivity contribution in [3.63, 3.8) is 0 Å². The number of hydrogen-bond donors (Lipinski definition) is 0. The minimum absolute atomic E-state index is 0.218. The van der Waals surface area contributed by atoms with E-state index in [1.807, 2.05) is 27.1 Å². The molecule has 0 unspecified atom stereocenters. The van der Waals surface area contributed by atoms with Crippen LogP contribution in [0.4, 0.5) is 0 Å². The topological polar surface area (TPSA) is 56.7 Å². The van der Waals surface area contributed by atoms with E-state index in [0.717, 1.165) is 15.9 Å². The van der Waals surface area contributed by atoms with Crippen LogP contribution in [0.1, 0.15) is 45.0 Å². The Kier molecular flexibility index (Phi) is 5.08. The van der Waals surface area contributed by atoms with Crippen molar-refractivity contribution in [2.75, 3.05) is 0 Å². The lowest BCUT2D eigenvalue weighted by atomic mass is 9.77. The van der Waals surface area contributed by atoms with Crippen LogP contribution in [0, 0.1) is 5.92 Å². The molecule has 1 aromatic carbocycles. The van der Waals surface area contributed by atoms with Crippen molar-refractivity contribution in [2.24, 2.45) is 13.0 Å². The smallest absolute Gasteiger partial charge is 0.261 e. The van der Waals surface area contributed by atoms with Crippen molar-refractivity contribution in [3.8, 4) is 11.5 Å². The van der Waals surface area contributed by atoms with Crippen molar-refractivity contribution in [1.82, 2.24) is 19.9 Å². The summed E-state index contributed by atoms with van der Waals surface area (Å²) in [7, 11) is 1.87. The summed E-state index contributed by atoms with van der Waals surface area (Å²) in [6.45, 7) is 6.21. The molecule has 1 fully saturated rings.